The minimum atomic E-state index is 0.580. The Hall–Kier alpha value is -1.09. The molecule has 1 aliphatic heterocycles. The molecule has 1 aliphatic rings. The van der Waals surface area contributed by atoms with Gasteiger partial charge in [0.1, 0.15) is 5.82 Å². The van der Waals surface area contributed by atoms with E-state index in [1.807, 2.05) is 18.5 Å². The van der Waals surface area contributed by atoms with Crippen LogP contribution in [0.3, 0.4) is 0 Å². The minimum absolute atomic E-state index is 0.580. The van der Waals surface area contributed by atoms with Gasteiger partial charge in [0.25, 0.3) is 0 Å². The monoisotopic (exact) mass is 218 g/mol. The highest BCUT2D eigenvalue weighted by atomic mass is 15.2. The maximum atomic E-state index is 4.41. The van der Waals surface area contributed by atoms with Gasteiger partial charge in [-0.2, -0.15) is 0 Å². The van der Waals surface area contributed by atoms with Gasteiger partial charge in [-0.3, -0.25) is 4.90 Å². The van der Waals surface area contributed by atoms with E-state index in [-0.39, 0.29) is 0 Å². The Balaban J connectivity index is 1.96. The smallest absolute Gasteiger partial charge is 0.123 e. The highest BCUT2D eigenvalue weighted by Crippen LogP contribution is 2.16. The Kier molecular flexibility index (Phi) is 3.78. The zero-order chi connectivity index (χ0) is 11.4. The Labute approximate surface area is 97.8 Å². The lowest BCUT2D eigenvalue weighted by molar-refractivity contribution is 0.182. The van der Waals surface area contributed by atoms with Crippen molar-refractivity contribution in [3.63, 3.8) is 0 Å². The second-order valence-corrected chi connectivity index (χ2v) is 4.53. The van der Waals surface area contributed by atoms with Crippen LogP contribution in [0.25, 0.3) is 0 Å². The fraction of sp³-hybridized carbons (Fsp3) is 0.538. The number of hydrogen-bond donors (Lipinski definition) is 0. The Bertz CT molecular complexity index is 343. The summed E-state index contributed by atoms with van der Waals surface area (Å²) in [6.45, 7) is 12.0. The van der Waals surface area contributed by atoms with Crippen molar-refractivity contribution in [3.8, 4) is 0 Å². The van der Waals surface area contributed by atoms with Gasteiger partial charge in [-0.15, -0.1) is 6.58 Å². The number of imidazole rings is 1. The first-order valence-corrected chi connectivity index (χ1v) is 5.96. The maximum absolute atomic E-state index is 4.41. The molecule has 0 spiro atoms. The fourth-order valence-corrected chi connectivity index (χ4v) is 2.29. The van der Waals surface area contributed by atoms with Gasteiger partial charge >= 0.3 is 0 Å². The Morgan fingerprint density at radius 3 is 3.19 bits per heavy atom. The van der Waals surface area contributed by atoms with Crippen LogP contribution in [0, 0.1) is 12.8 Å². The van der Waals surface area contributed by atoms with Crippen LogP contribution in [0.5, 0.6) is 0 Å². The molecule has 0 N–H and O–H groups in total. The molecule has 0 aliphatic carbocycles. The van der Waals surface area contributed by atoms with Gasteiger partial charge in [0, 0.05) is 25.5 Å². The van der Waals surface area contributed by atoms with Crippen molar-refractivity contribution in [2.75, 3.05) is 13.1 Å². The van der Waals surface area contributed by atoms with Gasteiger partial charge in [-0.25, -0.2) is 4.98 Å². The second kappa shape index (κ2) is 5.30. The predicted molar refractivity (Wildman–Crippen MR) is 65.8 cm³/mol. The van der Waals surface area contributed by atoms with Crippen molar-refractivity contribution in [2.24, 2.45) is 5.92 Å². The zero-order valence-electron chi connectivity index (χ0n) is 9.81. The molecule has 1 aromatic heterocycles. The predicted octanol–water partition coefficient (Wildman–Crippen LogP) is 2.12. The summed E-state index contributed by atoms with van der Waals surface area (Å²) < 4.78 is 2.15. The third-order valence-corrected chi connectivity index (χ3v) is 3.10. The summed E-state index contributed by atoms with van der Waals surface area (Å²) in [5.74, 6) is 1.71. The number of likely N-dealkylation sites (tertiary alicyclic amines) is 1. The summed E-state index contributed by atoms with van der Waals surface area (Å²) in [6.07, 6.45) is 8.31. The molecular weight excluding hydrogens is 198 g/mol. The summed E-state index contributed by atoms with van der Waals surface area (Å²) in [5, 5.41) is 0. The number of rotatable bonds is 4. The van der Waals surface area contributed by atoms with Crippen molar-refractivity contribution < 1.29 is 0 Å². The van der Waals surface area contributed by atoms with Crippen LogP contribution in [-0.4, -0.2) is 27.5 Å². The highest BCUT2D eigenvalue weighted by Gasteiger charge is 2.17. The van der Waals surface area contributed by atoms with Crippen LogP contribution in [0.15, 0.2) is 25.0 Å². The molecule has 2 heterocycles. The van der Waals surface area contributed by atoms with Crippen LogP contribution in [-0.2, 0) is 13.1 Å². The molecule has 1 aromatic rings. The van der Waals surface area contributed by atoms with Gasteiger partial charge in [0.2, 0.25) is 0 Å². The fourth-order valence-electron chi connectivity index (χ4n) is 2.29. The molecule has 1 saturated heterocycles. The van der Waals surface area contributed by atoms with Crippen LogP contribution in [0.4, 0.5) is 0 Å². The largest absolute Gasteiger partial charge is 0.330 e. The average molecular weight is 218 g/mol. The van der Waals surface area contributed by atoms with Gasteiger partial charge in [-0.1, -0.05) is 6.08 Å². The van der Waals surface area contributed by atoms with E-state index >= 15 is 0 Å². The van der Waals surface area contributed by atoms with Gasteiger partial charge in [-0.05, 0) is 32.2 Å². The number of piperidine rings is 1. The molecule has 2 rings (SSSR count). The molecule has 0 amide bonds. The van der Waals surface area contributed by atoms with Crippen LogP contribution < -0.4 is 0 Å². The molecule has 1 radical (unpaired) electrons. The van der Waals surface area contributed by atoms with Crippen molar-refractivity contribution >= 4 is 0 Å². The van der Waals surface area contributed by atoms with Gasteiger partial charge in [0.15, 0.2) is 0 Å². The SMILES string of the molecule is [CH2]C1CCCN(Cc2nccn2CC=C)C1. The quantitative estimate of drug-likeness (QED) is 0.722. The molecule has 3 nitrogen and oxygen atoms in total. The topological polar surface area (TPSA) is 21.1 Å². The van der Waals surface area contributed by atoms with Crippen molar-refractivity contribution in [1.82, 2.24) is 14.5 Å². The normalized spacial score (nSPS) is 22.2. The molecule has 0 bridgehead atoms. The van der Waals surface area contributed by atoms with E-state index < -0.39 is 0 Å². The molecule has 87 valence electrons. The summed E-state index contributed by atoms with van der Waals surface area (Å²) in [5.41, 5.74) is 0. The van der Waals surface area contributed by atoms with E-state index in [0.29, 0.717) is 5.92 Å². The van der Waals surface area contributed by atoms with E-state index in [2.05, 4.69) is 28.0 Å². The van der Waals surface area contributed by atoms with Crippen molar-refractivity contribution in [2.45, 2.75) is 25.9 Å². The lowest BCUT2D eigenvalue weighted by Gasteiger charge is -2.30. The first kappa shape index (κ1) is 11.4. The third kappa shape index (κ3) is 2.73. The Morgan fingerprint density at radius 1 is 1.56 bits per heavy atom. The highest BCUT2D eigenvalue weighted by molar-refractivity contribution is 4.95. The molecule has 3 heteroatoms. The summed E-state index contributed by atoms with van der Waals surface area (Å²) in [4.78, 5) is 6.85. The van der Waals surface area contributed by atoms with Crippen molar-refractivity contribution in [1.29, 1.82) is 0 Å². The first-order chi connectivity index (χ1) is 7.79. The minimum Gasteiger partial charge on any atom is -0.330 e. The van der Waals surface area contributed by atoms with E-state index in [9.17, 15) is 0 Å². The molecule has 0 aromatic carbocycles. The molecule has 1 unspecified atom stereocenters. The van der Waals surface area contributed by atoms with E-state index in [1.165, 1.54) is 19.4 Å². The third-order valence-electron chi connectivity index (χ3n) is 3.10. The molecule has 0 saturated carbocycles. The van der Waals surface area contributed by atoms with Crippen LogP contribution >= 0.6 is 0 Å². The molecule has 1 fully saturated rings. The standard InChI is InChI=1S/C13H20N3/c1-3-7-16-9-6-14-13(16)11-15-8-4-5-12(2)10-15/h3,6,9,12H,1-2,4-5,7-8,10-11H2. The van der Waals surface area contributed by atoms with Crippen LogP contribution in [0.1, 0.15) is 18.7 Å². The van der Waals surface area contributed by atoms with Crippen molar-refractivity contribution in [3.05, 3.63) is 37.8 Å². The molecular formula is C13H20N3. The molecule has 1 atom stereocenters. The van der Waals surface area contributed by atoms with Crippen LogP contribution in [0.2, 0.25) is 0 Å². The van der Waals surface area contributed by atoms with E-state index in [4.69, 9.17) is 0 Å². The van der Waals surface area contributed by atoms with Gasteiger partial charge < -0.3 is 4.57 Å². The molecule has 16 heavy (non-hydrogen) atoms. The summed E-state index contributed by atoms with van der Waals surface area (Å²) >= 11 is 0. The van der Waals surface area contributed by atoms with E-state index in [1.54, 1.807) is 0 Å². The average Bonchev–Trinajstić information content (AvgIpc) is 2.66. The first-order valence-electron chi connectivity index (χ1n) is 5.96. The summed E-state index contributed by atoms with van der Waals surface area (Å²) in [6, 6.07) is 0. The zero-order valence-corrected chi connectivity index (χ0v) is 9.81. The Morgan fingerprint density at radius 2 is 2.44 bits per heavy atom. The lowest BCUT2D eigenvalue weighted by atomic mass is 10.0. The van der Waals surface area contributed by atoms with Gasteiger partial charge in [0.05, 0.1) is 6.54 Å². The second-order valence-electron chi connectivity index (χ2n) is 4.53. The lowest BCUT2D eigenvalue weighted by Crippen LogP contribution is -2.34. The summed E-state index contributed by atoms with van der Waals surface area (Å²) in [7, 11) is 0. The van der Waals surface area contributed by atoms with E-state index in [0.717, 1.165) is 25.5 Å². The number of hydrogen-bond acceptors (Lipinski definition) is 2. The number of aromatic nitrogens is 2. The number of allylic oxidation sites excluding steroid dienone is 1. The maximum Gasteiger partial charge on any atom is 0.123 e. The number of nitrogens with zero attached hydrogens (tertiary/aromatic N) is 3.